The molecule has 3 rings (SSSR count). The number of para-hydroxylation sites is 1. The molecular formula is C15H16N4O2. The van der Waals surface area contributed by atoms with E-state index < -0.39 is 0 Å². The molecule has 1 aromatic carbocycles. The van der Waals surface area contributed by atoms with Crippen LogP contribution in [0.1, 0.15) is 25.1 Å². The van der Waals surface area contributed by atoms with E-state index in [-0.39, 0.29) is 11.9 Å². The Labute approximate surface area is 121 Å². The predicted molar refractivity (Wildman–Crippen MR) is 77.4 cm³/mol. The standard InChI is InChI=1S/C15H16N4O2/c1-11(14-8-12-4-2-3-5-13(12)21-14)18-15(20)6-7-19-10-16-9-17-19/h2-5,8-11H,6-7H2,1H3,(H,18,20)/t11-/m1/s1. The van der Waals surface area contributed by atoms with Gasteiger partial charge in [-0.3, -0.25) is 9.48 Å². The zero-order valence-electron chi connectivity index (χ0n) is 11.7. The third kappa shape index (κ3) is 3.10. The number of furan rings is 1. The number of carbonyl (C=O) groups is 1. The Morgan fingerprint density at radius 3 is 3.05 bits per heavy atom. The maximum atomic E-state index is 11.9. The number of amides is 1. The van der Waals surface area contributed by atoms with Gasteiger partial charge >= 0.3 is 0 Å². The zero-order valence-corrected chi connectivity index (χ0v) is 11.7. The van der Waals surface area contributed by atoms with Crippen molar-refractivity contribution < 1.29 is 9.21 Å². The number of fused-ring (bicyclic) bond motifs is 1. The van der Waals surface area contributed by atoms with Gasteiger partial charge in [0.1, 0.15) is 24.0 Å². The monoisotopic (exact) mass is 284 g/mol. The second-order valence-corrected chi connectivity index (χ2v) is 4.88. The molecule has 0 unspecified atom stereocenters. The second-order valence-electron chi connectivity index (χ2n) is 4.88. The van der Waals surface area contributed by atoms with Crippen molar-refractivity contribution in [2.45, 2.75) is 25.9 Å². The molecule has 0 spiro atoms. The maximum absolute atomic E-state index is 11.9. The highest BCUT2D eigenvalue weighted by Gasteiger charge is 2.14. The highest BCUT2D eigenvalue weighted by Crippen LogP contribution is 2.23. The summed E-state index contributed by atoms with van der Waals surface area (Å²) in [6, 6.07) is 9.58. The Morgan fingerprint density at radius 1 is 1.43 bits per heavy atom. The van der Waals surface area contributed by atoms with Crippen LogP contribution in [0.4, 0.5) is 0 Å². The van der Waals surface area contributed by atoms with Gasteiger partial charge in [-0.15, -0.1) is 0 Å². The molecule has 0 radical (unpaired) electrons. The fraction of sp³-hybridized carbons (Fsp3) is 0.267. The summed E-state index contributed by atoms with van der Waals surface area (Å²) in [5.41, 5.74) is 0.830. The summed E-state index contributed by atoms with van der Waals surface area (Å²) in [5, 5.41) is 7.92. The predicted octanol–water partition coefficient (Wildman–Crippen LogP) is 2.29. The Balaban J connectivity index is 1.60. The molecule has 6 nitrogen and oxygen atoms in total. The summed E-state index contributed by atoms with van der Waals surface area (Å²) < 4.78 is 7.37. The van der Waals surface area contributed by atoms with Crippen molar-refractivity contribution in [2.75, 3.05) is 0 Å². The number of aromatic nitrogens is 3. The van der Waals surface area contributed by atoms with E-state index in [2.05, 4.69) is 15.4 Å². The smallest absolute Gasteiger partial charge is 0.222 e. The molecule has 1 amide bonds. The van der Waals surface area contributed by atoms with Crippen LogP contribution in [0.25, 0.3) is 11.0 Å². The van der Waals surface area contributed by atoms with Gasteiger partial charge in [-0.1, -0.05) is 18.2 Å². The first-order valence-corrected chi connectivity index (χ1v) is 6.82. The van der Waals surface area contributed by atoms with E-state index in [0.29, 0.717) is 13.0 Å². The first kappa shape index (κ1) is 13.4. The topological polar surface area (TPSA) is 73.0 Å². The Bertz CT molecular complexity index is 700. The molecule has 0 saturated heterocycles. The fourth-order valence-corrected chi connectivity index (χ4v) is 2.16. The van der Waals surface area contributed by atoms with Crippen LogP contribution in [0.15, 0.2) is 47.4 Å². The molecule has 0 aliphatic rings. The van der Waals surface area contributed by atoms with E-state index in [1.807, 2.05) is 37.3 Å². The van der Waals surface area contributed by atoms with Gasteiger partial charge in [0.15, 0.2) is 0 Å². The summed E-state index contributed by atoms with van der Waals surface area (Å²) >= 11 is 0. The van der Waals surface area contributed by atoms with E-state index in [4.69, 9.17) is 4.42 Å². The van der Waals surface area contributed by atoms with Crippen molar-refractivity contribution in [3.8, 4) is 0 Å². The Hall–Kier alpha value is -2.63. The van der Waals surface area contributed by atoms with Crippen molar-refractivity contribution in [3.05, 3.63) is 48.7 Å². The van der Waals surface area contributed by atoms with Crippen LogP contribution in [-0.2, 0) is 11.3 Å². The minimum atomic E-state index is -0.166. The Morgan fingerprint density at radius 2 is 2.29 bits per heavy atom. The number of rotatable bonds is 5. The van der Waals surface area contributed by atoms with Gasteiger partial charge in [-0.2, -0.15) is 5.10 Å². The normalized spacial score (nSPS) is 12.4. The van der Waals surface area contributed by atoms with Crippen molar-refractivity contribution in [1.29, 1.82) is 0 Å². The molecule has 0 aliphatic heterocycles. The largest absolute Gasteiger partial charge is 0.459 e. The number of aryl methyl sites for hydroxylation is 1. The van der Waals surface area contributed by atoms with Gasteiger partial charge in [0.25, 0.3) is 0 Å². The van der Waals surface area contributed by atoms with Crippen molar-refractivity contribution in [2.24, 2.45) is 0 Å². The van der Waals surface area contributed by atoms with Gasteiger partial charge < -0.3 is 9.73 Å². The molecular weight excluding hydrogens is 268 g/mol. The van der Waals surface area contributed by atoms with E-state index in [9.17, 15) is 4.79 Å². The lowest BCUT2D eigenvalue weighted by Crippen LogP contribution is -2.27. The molecule has 108 valence electrons. The third-order valence-corrected chi connectivity index (χ3v) is 3.28. The third-order valence-electron chi connectivity index (χ3n) is 3.28. The van der Waals surface area contributed by atoms with Crippen LogP contribution in [-0.4, -0.2) is 20.7 Å². The first-order chi connectivity index (χ1) is 10.2. The molecule has 0 fully saturated rings. The van der Waals surface area contributed by atoms with E-state index in [1.54, 1.807) is 11.0 Å². The van der Waals surface area contributed by atoms with Crippen molar-refractivity contribution in [1.82, 2.24) is 20.1 Å². The minimum Gasteiger partial charge on any atom is -0.459 e. The summed E-state index contributed by atoms with van der Waals surface area (Å²) in [6.45, 7) is 2.42. The average Bonchev–Trinajstić information content (AvgIpc) is 3.14. The lowest BCUT2D eigenvalue weighted by atomic mass is 10.2. The number of hydrogen-bond donors (Lipinski definition) is 1. The lowest BCUT2D eigenvalue weighted by Gasteiger charge is -2.11. The van der Waals surface area contributed by atoms with E-state index in [0.717, 1.165) is 16.7 Å². The fourth-order valence-electron chi connectivity index (χ4n) is 2.16. The minimum absolute atomic E-state index is 0.0431. The molecule has 6 heteroatoms. The van der Waals surface area contributed by atoms with Crippen LogP contribution in [0.2, 0.25) is 0 Å². The quantitative estimate of drug-likeness (QED) is 0.780. The molecule has 3 aromatic rings. The van der Waals surface area contributed by atoms with E-state index in [1.165, 1.54) is 6.33 Å². The number of benzene rings is 1. The number of nitrogens with zero attached hydrogens (tertiary/aromatic N) is 3. The molecule has 21 heavy (non-hydrogen) atoms. The summed E-state index contributed by atoms with van der Waals surface area (Å²) in [5.74, 6) is 0.712. The van der Waals surface area contributed by atoms with Gasteiger partial charge in [0.05, 0.1) is 12.6 Å². The Kier molecular flexibility index (Phi) is 3.68. The summed E-state index contributed by atoms with van der Waals surface area (Å²) in [6.07, 6.45) is 3.40. The number of hydrogen-bond acceptors (Lipinski definition) is 4. The zero-order chi connectivity index (χ0) is 14.7. The molecule has 2 aromatic heterocycles. The maximum Gasteiger partial charge on any atom is 0.222 e. The van der Waals surface area contributed by atoms with Crippen LogP contribution in [0.3, 0.4) is 0 Å². The molecule has 0 saturated carbocycles. The molecule has 0 aliphatic carbocycles. The van der Waals surface area contributed by atoms with Crippen LogP contribution < -0.4 is 5.32 Å². The SMILES string of the molecule is C[C@@H](NC(=O)CCn1cncn1)c1cc2ccccc2o1. The van der Waals surface area contributed by atoms with Crippen LogP contribution in [0.5, 0.6) is 0 Å². The lowest BCUT2D eigenvalue weighted by molar-refractivity contribution is -0.122. The molecule has 1 atom stereocenters. The van der Waals surface area contributed by atoms with Crippen molar-refractivity contribution in [3.63, 3.8) is 0 Å². The highest BCUT2D eigenvalue weighted by molar-refractivity contribution is 5.79. The van der Waals surface area contributed by atoms with Gasteiger partial charge in [-0.05, 0) is 19.1 Å². The van der Waals surface area contributed by atoms with Crippen LogP contribution >= 0.6 is 0 Å². The van der Waals surface area contributed by atoms with Gasteiger partial charge in [0, 0.05) is 11.8 Å². The molecule has 2 heterocycles. The number of carbonyl (C=O) groups excluding carboxylic acids is 1. The first-order valence-electron chi connectivity index (χ1n) is 6.82. The van der Waals surface area contributed by atoms with E-state index >= 15 is 0 Å². The summed E-state index contributed by atoms with van der Waals surface area (Å²) in [4.78, 5) is 15.8. The molecule has 0 bridgehead atoms. The molecule has 1 N–H and O–H groups in total. The summed E-state index contributed by atoms with van der Waals surface area (Å²) in [7, 11) is 0. The van der Waals surface area contributed by atoms with Gasteiger partial charge in [0.2, 0.25) is 5.91 Å². The second kappa shape index (κ2) is 5.78. The van der Waals surface area contributed by atoms with Crippen molar-refractivity contribution >= 4 is 16.9 Å². The van der Waals surface area contributed by atoms with Crippen LogP contribution in [0, 0.1) is 0 Å². The highest BCUT2D eigenvalue weighted by atomic mass is 16.3. The van der Waals surface area contributed by atoms with Gasteiger partial charge in [-0.25, -0.2) is 4.98 Å². The average molecular weight is 284 g/mol. The number of nitrogens with one attached hydrogen (secondary N) is 1.